The summed E-state index contributed by atoms with van der Waals surface area (Å²) in [6.07, 6.45) is 6.60. The van der Waals surface area contributed by atoms with Gasteiger partial charge in [-0.3, -0.25) is 24.0 Å². The molecule has 16 nitrogen and oxygen atoms in total. The largest absolute Gasteiger partial charge is 0.467 e. The van der Waals surface area contributed by atoms with Gasteiger partial charge in [0.05, 0.1) is 49.8 Å². The number of hydrogen-bond acceptors (Lipinski definition) is 10. The Morgan fingerprint density at radius 3 is 2.06 bits per heavy atom. The number of nitrogens with zero attached hydrogens (tertiary/aromatic N) is 6. The number of methoxy groups -OCH3 is 3. The van der Waals surface area contributed by atoms with Crippen LogP contribution in [0.4, 0.5) is 0 Å². The van der Waals surface area contributed by atoms with Crippen LogP contribution in [0, 0.1) is 29.6 Å². The third kappa shape index (κ3) is 17.3. The van der Waals surface area contributed by atoms with Gasteiger partial charge in [0.25, 0.3) is 0 Å². The number of likely N-dealkylation sites (tertiary alicyclic amines) is 1. The zero-order valence-corrected chi connectivity index (χ0v) is 42.2. The lowest BCUT2D eigenvalue weighted by Crippen LogP contribution is -2.55. The second-order valence-corrected chi connectivity index (χ2v) is 18.9. The fraction of sp³-hybridized carbons (Fsp3) is 0.760. The molecule has 1 aliphatic heterocycles. The molecule has 2 rings (SSSR count). The Bertz CT molecular complexity index is 1720. The summed E-state index contributed by atoms with van der Waals surface area (Å²) in [5.74, 6) is -3.44. The number of carbonyl (C=O) groups is 6. The maximum absolute atomic E-state index is 14.6. The van der Waals surface area contributed by atoms with E-state index in [4.69, 9.17) is 19.7 Å². The molecular weight excluding hydrogens is 843 g/mol. The first-order valence-electron chi connectivity index (χ1n) is 24.2. The van der Waals surface area contributed by atoms with Crippen molar-refractivity contribution in [1.82, 2.24) is 20.0 Å². The van der Waals surface area contributed by atoms with Gasteiger partial charge in [0, 0.05) is 71.5 Å². The molecule has 0 bridgehead atoms. The van der Waals surface area contributed by atoms with Gasteiger partial charge >= 0.3 is 5.97 Å². The highest BCUT2D eigenvalue weighted by atomic mass is 16.5. The number of carbonyl (C=O) groups excluding carboxylic acids is 6. The molecule has 1 heterocycles. The summed E-state index contributed by atoms with van der Waals surface area (Å²) in [6.45, 7) is 14.4. The Labute approximate surface area is 395 Å². The average molecular weight is 926 g/mol. The number of unbranched alkanes of at least 4 members (excludes halogenated alkanes) is 5. The van der Waals surface area contributed by atoms with Crippen molar-refractivity contribution in [3.8, 4) is 0 Å². The van der Waals surface area contributed by atoms with Crippen LogP contribution in [0.3, 0.4) is 0 Å². The normalized spacial score (nSPS) is 17.4. The number of Topliss-reactive ketones (excluding diaryl/α,β-unsaturated/α-hetero) is 1. The Morgan fingerprint density at radius 1 is 0.864 bits per heavy atom. The molecule has 4 amide bonds. The van der Waals surface area contributed by atoms with E-state index in [1.807, 2.05) is 71.9 Å². The van der Waals surface area contributed by atoms with Gasteiger partial charge in [0.1, 0.15) is 6.04 Å². The van der Waals surface area contributed by atoms with Crippen LogP contribution in [-0.2, 0) is 49.4 Å². The van der Waals surface area contributed by atoms with Gasteiger partial charge in [0.2, 0.25) is 23.6 Å². The summed E-state index contributed by atoms with van der Waals surface area (Å²) in [7, 11) is 7.76. The first-order chi connectivity index (χ1) is 31.4. The van der Waals surface area contributed by atoms with E-state index in [0.717, 1.165) is 37.7 Å². The van der Waals surface area contributed by atoms with Crippen molar-refractivity contribution in [2.24, 2.45) is 34.7 Å². The van der Waals surface area contributed by atoms with E-state index < -0.39 is 60.1 Å². The van der Waals surface area contributed by atoms with Gasteiger partial charge in [-0.25, -0.2) is 4.79 Å². The maximum Gasteiger partial charge on any atom is 0.328 e. The minimum Gasteiger partial charge on any atom is -0.467 e. The maximum atomic E-state index is 14.6. The molecular formula is C50H83N7O9. The predicted octanol–water partition coefficient (Wildman–Crippen LogP) is 7.56. The van der Waals surface area contributed by atoms with Crippen LogP contribution in [0.2, 0.25) is 0 Å². The van der Waals surface area contributed by atoms with Crippen molar-refractivity contribution >= 4 is 35.4 Å². The topological polar surface area (TPSA) is 201 Å². The minimum absolute atomic E-state index is 0.0246. The number of rotatable bonds is 31. The van der Waals surface area contributed by atoms with E-state index in [-0.39, 0.29) is 60.5 Å². The van der Waals surface area contributed by atoms with E-state index in [9.17, 15) is 28.8 Å². The Kier molecular flexibility index (Phi) is 26.2. The van der Waals surface area contributed by atoms with Crippen molar-refractivity contribution in [3.63, 3.8) is 0 Å². The standard InChI is InChI=1S/C50H83N7O9/c1-13-35(6)46(56(9)49(62)38(33(2)3)31-41(58)45(34(4)5)55(8)43(59)27-21-16-14-15-17-22-28-52-54-51)42(64-10)32-44(60)57-29-23-26-40(57)47(65-11)36(7)48(61)53-39(50(63)66-12)30-37-24-19-18-20-25-37/h18-20,24-25,33-36,38-40,42,45-47H,13-17,21-23,26-32H2,1-12H3,(H,53,61). The van der Waals surface area contributed by atoms with Crippen LogP contribution in [0.1, 0.15) is 131 Å². The molecule has 1 aliphatic rings. The number of hydrogen-bond donors (Lipinski definition) is 1. The molecule has 1 aromatic rings. The van der Waals surface area contributed by atoms with E-state index in [1.54, 1.807) is 42.8 Å². The lowest BCUT2D eigenvalue weighted by molar-refractivity contribution is -0.150. The molecule has 0 aromatic heterocycles. The summed E-state index contributed by atoms with van der Waals surface area (Å²) in [5, 5.41) is 6.43. The molecule has 9 atom stereocenters. The van der Waals surface area contributed by atoms with Crippen LogP contribution >= 0.6 is 0 Å². The van der Waals surface area contributed by atoms with Crippen molar-refractivity contribution in [3.05, 3.63) is 46.3 Å². The van der Waals surface area contributed by atoms with Crippen molar-refractivity contribution in [2.45, 2.75) is 168 Å². The van der Waals surface area contributed by atoms with E-state index >= 15 is 0 Å². The third-order valence-corrected chi connectivity index (χ3v) is 13.6. The molecule has 372 valence electrons. The molecule has 16 heteroatoms. The van der Waals surface area contributed by atoms with Crippen LogP contribution in [0.25, 0.3) is 10.4 Å². The number of nitrogens with one attached hydrogen (secondary N) is 1. The number of ether oxygens (including phenoxy) is 3. The second kappa shape index (κ2) is 30.0. The van der Waals surface area contributed by atoms with Crippen molar-refractivity contribution in [2.75, 3.05) is 48.5 Å². The average Bonchev–Trinajstić information content (AvgIpc) is 3.79. The highest BCUT2D eigenvalue weighted by molar-refractivity contribution is 5.93. The molecule has 1 aromatic carbocycles. The molecule has 9 unspecified atom stereocenters. The van der Waals surface area contributed by atoms with Crippen LogP contribution < -0.4 is 5.32 Å². The first kappa shape index (κ1) is 57.6. The minimum atomic E-state index is -0.910. The third-order valence-electron chi connectivity index (χ3n) is 13.6. The van der Waals surface area contributed by atoms with E-state index in [1.165, 1.54) is 14.2 Å². The molecule has 0 radical (unpaired) electrons. The quantitative estimate of drug-likeness (QED) is 0.0257. The van der Waals surface area contributed by atoms with Gasteiger partial charge in [-0.05, 0) is 54.5 Å². The zero-order chi connectivity index (χ0) is 49.5. The molecule has 0 spiro atoms. The molecule has 1 saturated heterocycles. The number of esters is 1. The van der Waals surface area contributed by atoms with Gasteiger partial charge in [0.15, 0.2) is 5.78 Å². The summed E-state index contributed by atoms with van der Waals surface area (Å²) >= 11 is 0. The highest BCUT2D eigenvalue weighted by Crippen LogP contribution is 2.31. The fourth-order valence-electron chi connectivity index (χ4n) is 9.58. The van der Waals surface area contributed by atoms with Gasteiger partial charge in [-0.2, -0.15) is 0 Å². The summed E-state index contributed by atoms with van der Waals surface area (Å²) < 4.78 is 17.1. The molecule has 1 N–H and O–H groups in total. The van der Waals surface area contributed by atoms with Crippen molar-refractivity contribution in [1.29, 1.82) is 0 Å². The van der Waals surface area contributed by atoms with Crippen molar-refractivity contribution < 1.29 is 43.0 Å². The van der Waals surface area contributed by atoms with Crippen LogP contribution in [0.15, 0.2) is 35.4 Å². The molecule has 66 heavy (non-hydrogen) atoms. The van der Waals surface area contributed by atoms with E-state index in [2.05, 4.69) is 15.3 Å². The number of azide groups is 1. The van der Waals surface area contributed by atoms with Crippen LogP contribution in [0.5, 0.6) is 0 Å². The fourth-order valence-corrected chi connectivity index (χ4v) is 9.58. The number of benzene rings is 1. The molecule has 0 saturated carbocycles. The molecule has 1 fully saturated rings. The predicted molar refractivity (Wildman–Crippen MR) is 256 cm³/mol. The first-order valence-corrected chi connectivity index (χ1v) is 24.2. The summed E-state index contributed by atoms with van der Waals surface area (Å²) in [4.78, 5) is 90.9. The van der Waals surface area contributed by atoms with Gasteiger partial charge in [-0.15, -0.1) is 0 Å². The Hall–Kier alpha value is -4.53. The number of likely N-dealkylation sites (N-methyl/N-ethyl adjacent to an activating group) is 2. The summed E-state index contributed by atoms with van der Waals surface area (Å²) in [5.41, 5.74) is 9.29. The zero-order valence-electron chi connectivity index (χ0n) is 42.2. The Morgan fingerprint density at radius 2 is 1.50 bits per heavy atom. The lowest BCUT2D eigenvalue weighted by Gasteiger charge is -2.41. The van der Waals surface area contributed by atoms with E-state index in [0.29, 0.717) is 45.2 Å². The SMILES string of the molecule is CCC(C)C(C(CC(=O)N1CCCC1C(OC)C(C)C(=O)NC(Cc1ccccc1)C(=O)OC)OC)N(C)C(=O)C(CC(=O)C(C(C)C)N(C)C(=O)CCCCCCCCN=[N+]=[N-])C(C)C. The number of amides is 4. The van der Waals surface area contributed by atoms with Crippen LogP contribution in [-0.4, -0.2) is 135 Å². The monoisotopic (exact) mass is 926 g/mol. The molecule has 0 aliphatic carbocycles. The highest BCUT2D eigenvalue weighted by Gasteiger charge is 2.44. The Balaban J connectivity index is 2.21. The number of ketones is 1. The summed E-state index contributed by atoms with van der Waals surface area (Å²) in [6, 6.07) is 6.83. The smallest absolute Gasteiger partial charge is 0.328 e. The second-order valence-electron chi connectivity index (χ2n) is 18.9. The lowest BCUT2D eigenvalue weighted by atomic mass is 9.83. The van der Waals surface area contributed by atoms with Gasteiger partial charge < -0.3 is 34.2 Å². The van der Waals surface area contributed by atoms with Gasteiger partial charge in [-0.1, -0.05) is 116 Å².